The maximum Gasteiger partial charge on any atom is 0.239 e. The molecule has 3 aromatic carbocycles. The van der Waals surface area contributed by atoms with Crippen molar-refractivity contribution in [1.29, 1.82) is 0 Å². The van der Waals surface area contributed by atoms with Crippen molar-refractivity contribution >= 4 is 46.0 Å². The topological polar surface area (TPSA) is 54.5 Å². The Labute approximate surface area is 202 Å². The molecular weight excluding hydrogens is 446 g/mol. The van der Waals surface area contributed by atoms with Crippen LogP contribution in [0.15, 0.2) is 84.9 Å². The van der Waals surface area contributed by atoms with Gasteiger partial charge in [-0.25, -0.2) is 4.90 Å². The number of nitrogens with zero attached hydrogens (tertiary/aromatic N) is 1. The van der Waals surface area contributed by atoms with Gasteiger partial charge in [0.15, 0.2) is 5.78 Å². The van der Waals surface area contributed by atoms with Gasteiger partial charge in [-0.05, 0) is 60.4 Å². The SMILES string of the molecule is C[C@@]12C(=O)[C@@](C)(C(c3ccccc3)=C1c1ccccc1)[C@H]1C(=O)N(c3ccc(Cl)cc3)C(=O)[C@H]12. The molecule has 2 fully saturated rings. The fraction of sp³-hybridized carbons (Fsp3) is 0.207. The number of allylic oxidation sites excluding steroid dienone is 2. The van der Waals surface area contributed by atoms with Gasteiger partial charge >= 0.3 is 0 Å². The smallest absolute Gasteiger partial charge is 0.239 e. The number of halogens is 1. The van der Waals surface area contributed by atoms with Crippen LogP contribution in [0, 0.1) is 22.7 Å². The zero-order valence-corrected chi connectivity index (χ0v) is 19.5. The van der Waals surface area contributed by atoms with Crippen LogP contribution in [0.25, 0.3) is 11.1 Å². The minimum atomic E-state index is -1.11. The minimum Gasteiger partial charge on any atom is -0.298 e. The van der Waals surface area contributed by atoms with Gasteiger partial charge < -0.3 is 0 Å². The molecule has 4 atom stereocenters. The number of fused-ring (bicyclic) bond motifs is 5. The van der Waals surface area contributed by atoms with Crippen LogP contribution >= 0.6 is 11.6 Å². The summed E-state index contributed by atoms with van der Waals surface area (Å²) in [6, 6.07) is 26.2. The van der Waals surface area contributed by atoms with Gasteiger partial charge in [0.25, 0.3) is 0 Å². The van der Waals surface area contributed by atoms with Crippen molar-refractivity contribution in [2.75, 3.05) is 4.90 Å². The molecule has 0 N–H and O–H groups in total. The molecule has 0 spiro atoms. The molecular formula is C29H22ClNO3. The Kier molecular flexibility index (Phi) is 4.34. The molecule has 1 heterocycles. The lowest BCUT2D eigenvalue weighted by atomic mass is 9.63. The predicted octanol–water partition coefficient (Wildman–Crippen LogP) is 5.67. The van der Waals surface area contributed by atoms with E-state index in [1.807, 2.05) is 74.5 Å². The number of Topliss-reactive ketones (excluding diaryl/α,β-unsaturated/α-hetero) is 1. The highest BCUT2D eigenvalue weighted by molar-refractivity contribution is 6.34. The first-order chi connectivity index (χ1) is 16.3. The highest BCUT2D eigenvalue weighted by atomic mass is 35.5. The number of carbonyl (C=O) groups is 3. The third-order valence-electron chi connectivity index (χ3n) is 7.99. The molecule has 3 aliphatic rings. The number of benzene rings is 3. The van der Waals surface area contributed by atoms with Crippen molar-refractivity contribution in [2.45, 2.75) is 13.8 Å². The lowest BCUT2D eigenvalue weighted by Gasteiger charge is -2.35. The van der Waals surface area contributed by atoms with E-state index in [1.54, 1.807) is 24.3 Å². The summed E-state index contributed by atoms with van der Waals surface area (Å²) in [5.41, 5.74) is 1.78. The summed E-state index contributed by atoms with van der Waals surface area (Å²) in [6.45, 7) is 3.71. The maximum absolute atomic E-state index is 14.2. The van der Waals surface area contributed by atoms with Crippen molar-refractivity contribution in [3.8, 4) is 0 Å². The Bertz CT molecular complexity index is 1310. The Morgan fingerprint density at radius 1 is 0.647 bits per heavy atom. The van der Waals surface area contributed by atoms with Crippen LogP contribution in [-0.2, 0) is 14.4 Å². The van der Waals surface area contributed by atoms with Crippen molar-refractivity contribution < 1.29 is 14.4 Å². The van der Waals surface area contributed by atoms with Gasteiger partial charge in [-0.3, -0.25) is 14.4 Å². The van der Waals surface area contributed by atoms with E-state index in [0.29, 0.717) is 10.7 Å². The molecule has 5 heteroatoms. The van der Waals surface area contributed by atoms with Crippen molar-refractivity contribution in [3.63, 3.8) is 0 Å². The molecule has 0 unspecified atom stereocenters. The molecule has 34 heavy (non-hydrogen) atoms. The van der Waals surface area contributed by atoms with Crippen LogP contribution in [-0.4, -0.2) is 17.6 Å². The largest absolute Gasteiger partial charge is 0.298 e. The lowest BCUT2D eigenvalue weighted by Crippen LogP contribution is -2.40. The van der Waals surface area contributed by atoms with Crippen LogP contribution in [0.2, 0.25) is 5.02 Å². The number of carbonyl (C=O) groups excluding carboxylic acids is 3. The van der Waals surface area contributed by atoms with Gasteiger partial charge in [0.2, 0.25) is 11.8 Å². The van der Waals surface area contributed by atoms with Crippen molar-refractivity contribution in [2.24, 2.45) is 22.7 Å². The summed E-state index contributed by atoms with van der Waals surface area (Å²) in [5, 5.41) is 0.525. The molecule has 0 aromatic heterocycles. The summed E-state index contributed by atoms with van der Waals surface area (Å²) in [4.78, 5) is 43.2. The fourth-order valence-electron chi connectivity index (χ4n) is 6.65. The number of anilines is 1. The standard InChI is InChI=1S/C29H22ClNO3/c1-28-21(17-9-5-3-6-10-17)22(18-11-7-4-8-12-18)29(2,27(28)34)24-23(28)25(32)31(26(24)33)20-15-13-19(30)14-16-20/h3-16,23-24H,1-2H3/t23-,24+,28+,29-. The Morgan fingerprint density at radius 3 is 1.47 bits per heavy atom. The minimum absolute atomic E-state index is 0.0508. The predicted molar refractivity (Wildman–Crippen MR) is 132 cm³/mol. The van der Waals surface area contributed by atoms with E-state index >= 15 is 0 Å². The summed E-state index contributed by atoms with van der Waals surface area (Å²) in [5.74, 6) is -2.20. The van der Waals surface area contributed by atoms with Gasteiger partial charge in [-0.1, -0.05) is 72.3 Å². The third-order valence-corrected chi connectivity index (χ3v) is 8.24. The first-order valence-electron chi connectivity index (χ1n) is 11.4. The quantitative estimate of drug-likeness (QED) is 0.466. The van der Waals surface area contributed by atoms with Crippen LogP contribution in [0.5, 0.6) is 0 Å². The van der Waals surface area contributed by atoms with Crippen molar-refractivity contribution in [1.82, 2.24) is 0 Å². The average Bonchev–Trinajstić information content (AvgIpc) is 3.30. The summed E-state index contributed by atoms with van der Waals surface area (Å²) < 4.78 is 0. The van der Waals surface area contributed by atoms with Gasteiger partial charge in [0.05, 0.1) is 28.4 Å². The summed E-state index contributed by atoms with van der Waals surface area (Å²) in [7, 11) is 0. The number of amides is 2. The lowest BCUT2D eigenvalue weighted by molar-refractivity contribution is -0.133. The van der Waals surface area contributed by atoms with Gasteiger partial charge in [-0.2, -0.15) is 0 Å². The zero-order valence-electron chi connectivity index (χ0n) is 18.8. The van der Waals surface area contributed by atoms with E-state index in [4.69, 9.17) is 11.6 Å². The van der Waals surface area contributed by atoms with E-state index in [1.165, 1.54) is 4.90 Å². The first kappa shape index (κ1) is 21.1. The van der Waals surface area contributed by atoms with Crippen LogP contribution in [0.1, 0.15) is 25.0 Å². The second-order valence-electron chi connectivity index (χ2n) is 9.66. The molecule has 0 radical (unpaired) electrons. The number of hydrogen-bond acceptors (Lipinski definition) is 3. The molecule has 1 saturated carbocycles. The van der Waals surface area contributed by atoms with Crippen LogP contribution < -0.4 is 4.90 Å². The molecule has 3 aromatic rings. The molecule has 4 nitrogen and oxygen atoms in total. The zero-order chi connectivity index (χ0) is 23.8. The van der Waals surface area contributed by atoms with Crippen LogP contribution in [0.4, 0.5) is 5.69 Å². The van der Waals surface area contributed by atoms with Crippen molar-refractivity contribution in [3.05, 3.63) is 101 Å². The number of hydrogen-bond donors (Lipinski definition) is 0. The molecule has 2 bridgehead atoms. The molecule has 168 valence electrons. The molecule has 1 saturated heterocycles. The average molecular weight is 468 g/mol. The van der Waals surface area contributed by atoms with Crippen LogP contribution in [0.3, 0.4) is 0 Å². The molecule has 2 amide bonds. The fourth-order valence-corrected chi connectivity index (χ4v) is 6.78. The summed E-state index contributed by atoms with van der Waals surface area (Å²) in [6.07, 6.45) is 0. The van der Waals surface area contributed by atoms with E-state index in [2.05, 4.69) is 0 Å². The Hall–Kier alpha value is -3.50. The van der Waals surface area contributed by atoms with Gasteiger partial charge in [0, 0.05) is 5.02 Å². The highest BCUT2D eigenvalue weighted by Crippen LogP contribution is 2.73. The monoisotopic (exact) mass is 467 g/mol. The van der Waals surface area contributed by atoms with Gasteiger partial charge in [0.1, 0.15) is 0 Å². The Balaban J connectivity index is 1.62. The van der Waals surface area contributed by atoms with E-state index in [9.17, 15) is 14.4 Å². The highest BCUT2D eigenvalue weighted by Gasteiger charge is 2.78. The summed E-state index contributed by atoms with van der Waals surface area (Å²) >= 11 is 6.04. The second-order valence-corrected chi connectivity index (χ2v) is 10.1. The number of rotatable bonds is 3. The van der Waals surface area contributed by atoms with E-state index in [0.717, 1.165) is 22.3 Å². The Morgan fingerprint density at radius 2 is 1.06 bits per heavy atom. The van der Waals surface area contributed by atoms with E-state index < -0.39 is 22.7 Å². The van der Waals surface area contributed by atoms with E-state index in [-0.39, 0.29) is 17.6 Å². The first-order valence-corrected chi connectivity index (χ1v) is 11.7. The second kappa shape index (κ2) is 7.00. The number of ketones is 1. The third kappa shape index (κ3) is 2.41. The maximum atomic E-state index is 14.2. The molecule has 1 aliphatic heterocycles. The van der Waals surface area contributed by atoms with Gasteiger partial charge in [-0.15, -0.1) is 0 Å². The molecule has 6 rings (SSSR count). The normalized spacial score (nSPS) is 29.9. The number of imide groups is 1. The molecule has 2 aliphatic carbocycles.